The van der Waals surface area contributed by atoms with Gasteiger partial charge in [-0.15, -0.1) is 0 Å². The van der Waals surface area contributed by atoms with E-state index in [9.17, 15) is 8.42 Å². The second kappa shape index (κ2) is 5.59. The van der Waals surface area contributed by atoms with Crippen LogP contribution in [0.5, 0.6) is 0 Å². The van der Waals surface area contributed by atoms with Crippen LogP contribution in [0.15, 0.2) is 24.3 Å². The van der Waals surface area contributed by atoms with E-state index in [1.54, 1.807) is 0 Å². The molecule has 1 fully saturated rings. The number of hydrogen-bond donors (Lipinski definition) is 1. The molecule has 1 aliphatic rings. The van der Waals surface area contributed by atoms with E-state index in [1.807, 2.05) is 31.2 Å². The molecule has 0 spiro atoms. The molecule has 3 nitrogen and oxygen atoms in total. The van der Waals surface area contributed by atoms with Crippen LogP contribution in [0, 0.1) is 5.92 Å². The van der Waals surface area contributed by atoms with Crippen molar-refractivity contribution in [3.63, 3.8) is 0 Å². The minimum absolute atomic E-state index is 0.101. The minimum Gasteiger partial charge on any atom is -0.310 e. The second-order valence-corrected chi connectivity index (χ2v) is 7.42. The predicted octanol–water partition coefficient (Wildman–Crippen LogP) is 2.43. The summed E-state index contributed by atoms with van der Waals surface area (Å²) in [5.41, 5.74) is 1.11. The number of sulfone groups is 1. The average Bonchev–Trinajstić information content (AvgIpc) is 2.68. The molecule has 1 saturated heterocycles. The molecule has 2 rings (SSSR count). The van der Waals surface area contributed by atoms with Gasteiger partial charge in [0.2, 0.25) is 0 Å². The van der Waals surface area contributed by atoms with Crippen molar-refractivity contribution in [3.8, 4) is 0 Å². The van der Waals surface area contributed by atoms with Gasteiger partial charge in [-0.2, -0.15) is 0 Å². The Labute approximate surface area is 113 Å². The van der Waals surface area contributed by atoms with Gasteiger partial charge in [0.25, 0.3) is 0 Å². The lowest BCUT2D eigenvalue weighted by molar-refractivity contribution is 0.400. The van der Waals surface area contributed by atoms with Crippen LogP contribution < -0.4 is 5.32 Å². The van der Waals surface area contributed by atoms with E-state index in [-0.39, 0.29) is 17.7 Å². The summed E-state index contributed by atoms with van der Waals surface area (Å²) in [6.45, 7) is 2.86. The van der Waals surface area contributed by atoms with E-state index < -0.39 is 9.84 Å². The van der Waals surface area contributed by atoms with E-state index in [4.69, 9.17) is 11.6 Å². The quantitative estimate of drug-likeness (QED) is 0.925. The monoisotopic (exact) mass is 287 g/mol. The fraction of sp³-hybridized carbons (Fsp3) is 0.538. The Kier molecular flexibility index (Phi) is 4.30. The highest BCUT2D eigenvalue weighted by molar-refractivity contribution is 7.91. The maximum Gasteiger partial charge on any atom is 0.150 e. The minimum atomic E-state index is -2.84. The molecule has 1 N–H and O–H groups in total. The van der Waals surface area contributed by atoms with Gasteiger partial charge in [0.1, 0.15) is 0 Å². The first-order chi connectivity index (χ1) is 8.52. The highest BCUT2D eigenvalue weighted by Gasteiger charge is 2.33. The molecule has 0 aliphatic carbocycles. The standard InChI is InChI=1S/C13H18ClNO2S/c1-2-15-13(10-3-5-12(14)6-4-10)11-7-8-18(16,17)9-11/h3-6,11,13,15H,2,7-9H2,1H3. The molecule has 0 saturated carbocycles. The summed E-state index contributed by atoms with van der Waals surface area (Å²) < 4.78 is 23.2. The zero-order valence-corrected chi connectivity index (χ0v) is 12.0. The van der Waals surface area contributed by atoms with Gasteiger partial charge in [-0.05, 0) is 36.6 Å². The number of rotatable bonds is 4. The molecule has 100 valence electrons. The Hall–Kier alpha value is -0.580. The first-order valence-corrected chi connectivity index (χ1v) is 8.41. The van der Waals surface area contributed by atoms with E-state index in [0.717, 1.165) is 18.5 Å². The molecule has 2 atom stereocenters. The maximum absolute atomic E-state index is 11.6. The molecule has 1 aromatic rings. The molecule has 0 radical (unpaired) electrons. The Morgan fingerprint density at radius 1 is 1.39 bits per heavy atom. The van der Waals surface area contributed by atoms with Crippen LogP contribution in [-0.2, 0) is 9.84 Å². The molecule has 1 heterocycles. The van der Waals surface area contributed by atoms with Crippen molar-refractivity contribution in [1.29, 1.82) is 0 Å². The second-order valence-electron chi connectivity index (χ2n) is 4.75. The van der Waals surface area contributed by atoms with Gasteiger partial charge in [-0.3, -0.25) is 0 Å². The van der Waals surface area contributed by atoms with Gasteiger partial charge in [-0.1, -0.05) is 30.7 Å². The van der Waals surface area contributed by atoms with Crippen molar-refractivity contribution in [3.05, 3.63) is 34.9 Å². The molecule has 0 aromatic heterocycles. The lowest BCUT2D eigenvalue weighted by Crippen LogP contribution is -2.29. The molecule has 5 heteroatoms. The maximum atomic E-state index is 11.6. The molecular weight excluding hydrogens is 270 g/mol. The normalized spacial score (nSPS) is 24.0. The predicted molar refractivity (Wildman–Crippen MR) is 74.6 cm³/mol. The summed E-state index contributed by atoms with van der Waals surface area (Å²) in [7, 11) is -2.84. The van der Waals surface area contributed by atoms with Gasteiger partial charge in [0.15, 0.2) is 9.84 Å². The number of halogens is 1. The summed E-state index contributed by atoms with van der Waals surface area (Å²) in [6.07, 6.45) is 0.739. The molecule has 1 aliphatic heterocycles. The van der Waals surface area contributed by atoms with Crippen LogP contribution in [0.3, 0.4) is 0 Å². The van der Waals surface area contributed by atoms with E-state index >= 15 is 0 Å². The summed E-state index contributed by atoms with van der Waals surface area (Å²) in [4.78, 5) is 0. The van der Waals surface area contributed by atoms with Crippen LogP contribution >= 0.6 is 11.6 Å². The first-order valence-electron chi connectivity index (χ1n) is 6.21. The van der Waals surface area contributed by atoms with Crippen molar-refractivity contribution in [2.45, 2.75) is 19.4 Å². The van der Waals surface area contributed by atoms with Gasteiger partial charge < -0.3 is 5.32 Å². The Morgan fingerprint density at radius 2 is 2.06 bits per heavy atom. The molecule has 1 aromatic carbocycles. The Bertz CT molecular complexity index is 498. The van der Waals surface area contributed by atoms with Gasteiger partial charge in [0.05, 0.1) is 11.5 Å². The highest BCUT2D eigenvalue weighted by Crippen LogP contribution is 2.31. The Balaban J connectivity index is 2.21. The van der Waals surface area contributed by atoms with Crippen LogP contribution in [0.2, 0.25) is 5.02 Å². The number of benzene rings is 1. The third kappa shape index (κ3) is 3.25. The van der Waals surface area contributed by atoms with E-state index in [2.05, 4.69) is 5.32 Å². The summed E-state index contributed by atoms with van der Waals surface area (Å²) >= 11 is 5.88. The topological polar surface area (TPSA) is 46.2 Å². The van der Waals surface area contributed by atoms with Crippen molar-refractivity contribution in [2.24, 2.45) is 5.92 Å². The lowest BCUT2D eigenvalue weighted by Gasteiger charge is -2.24. The highest BCUT2D eigenvalue weighted by atomic mass is 35.5. The van der Waals surface area contributed by atoms with Crippen LogP contribution in [0.4, 0.5) is 0 Å². The number of hydrogen-bond acceptors (Lipinski definition) is 3. The van der Waals surface area contributed by atoms with Gasteiger partial charge >= 0.3 is 0 Å². The third-order valence-corrected chi connectivity index (χ3v) is 5.44. The largest absolute Gasteiger partial charge is 0.310 e. The summed E-state index contributed by atoms with van der Waals surface area (Å²) in [6, 6.07) is 7.75. The van der Waals surface area contributed by atoms with E-state index in [1.165, 1.54) is 0 Å². The zero-order valence-electron chi connectivity index (χ0n) is 10.4. The third-order valence-electron chi connectivity index (χ3n) is 3.39. The van der Waals surface area contributed by atoms with Gasteiger partial charge in [0, 0.05) is 11.1 Å². The summed E-state index contributed by atoms with van der Waals surface area (Å²) in [5, 5.41) is 4.09. The lowest BCUT2D eigenvalue weighted by atomic mass is 9.92. The molecular formula is C13H18ClNO2S. The SMILES string of the molecule is CCNC(c1ccc(Cl)cc1)C1CCS(=O)(=O)C1. The van der Waals surface area contributed by atoms with Gasteiger partial charge in [-0.25, -0.2) is 8.42 Å². The summed E-state index contributed by atoms with van der Waals surface area (Å²) in [5.74, 6) is 0.761. The van der Waals surface area contributed by atoms with Crippen LogP contribution in [-0.4, -0.2) is 26.5 Å². The molecule has 0 amide bonds. The van der Waals surface area contributed by atoms with Crippen molar-refractivity contribution >= 4 is 21.4 Å². The van der Waals surface area contributed by atoms with Crippen molar-refractivity contribution < 1.29 is 8.42 Å². The van der Waals surface area contributed by atoms with Crippen LogP contribution in [0.25, 0.3) is 0 Å². The fourth-order valence-corrected chi connectivity index (χ4v) is 4.50. The van der Waals surface area contributed by atoms with Crippen molar-refractivity contribution in [2.75, 3.05) is 18.1 Å². The average molecular weight is 288 g/mol. The number of nitrogens with one attached hydrogen (secondary N) is 1. The zero-order chi connectivity index (χ0) is 13.2. The van der Waals surface area contributed by atoms with Crippen LogP contribution in [0.1, 0.15) is 24.9 Å². The Morgan fingerprint density at radius 3 is 2.56 bits per heavy atom. The first kappa shape index (κ1) is 13.8. The molecule has 18 heavy (non-hydrogen) atoms. The molecule has 2 unspecified atom stereocenters. The molecule has 0 bridgehead atoms. The van der Waals surface area contributed by atoms with E-state index in [0.29, 0.717) is 10.8 Å². The van der Waals surface area contributed by atoms with Crippen molar-refractivity contribution in [1.82, 2.24) is 5.32 Å². The fourth-order valence-electron chi connectivity index (χ4n) is 2.53. The smallest absolute Gasteiger partial charge is 0.150 e.